The Labute approximate surface area is 227 Å². The summed E-state index contributed by atoms with van der Waals surface area (Å²) < 4.78 is 18.4. The molecule has 1 aliphatic heterocycles. The molecule has 4 heterocycles. The lowest BCUT2D eigenvalue weighted by molar-refractivity contribution is 0.0322. The summed E-state index contributed by atoms with van der Waals surface area (Å²) in [5, 5.41) is 9.29. The molecule has 0 atom stereocenters. The summed E-state index contributed by atoms with van der Waals surface area (Å²) in [4.78, 5) is 19.2. The molecule has 1 aliphatic rings. The number of imidazole rings is 1. The second-order valence-corrected chi connectivity index (χ2v) is 10.3. The zero-order valence-corrected chi connectivity index (χ0v) is 22.4. The number of pyridine rings is 1. The number of aromatic nitrogens is 3. The van der Waals surface area contributed by atoms with E-state index in [1.54, 1.807) is 12.3 Å². The Morgan fingerprint density at radius 3 is 2.51 bits per heavy atom. The molecule has 10 heteroatoms. The number of morpholine rings is 1. The van der Waals surface area contributed by atoms with Crippen molar-refractivity contribution in [2.24, 2.45) is 0 Å². The highest BCUT2D eigenvalue weighted by Gasteiger charge is 2.20. The van der Waals surface area contributed by atoms with Crippen molar-refractivity contribution in [2.45, 2.75) is 26.2 Å². The first kappa shape index (κ1) is 26.3. The predicted molar refractivity (Wildman–Crippen MR) is 148 cm³/mol. The van der Waals surface area contributed by atoms with Gasteiger partial charge in [-0.05, 0) is 36.4 Å². The highest BCUT2D eigenvalue weighted by atomic mass is 16.5. The first-order valence-corrected chi connectivity index (χ1v) is 12.9. The predicted octanol–water partition coefficient (Wildman–Crippen LogP) is 4.37. The number of nitrogens with one attached hydrogen (secondary N) is 2. The van der Waals surface area contributed by atoms with E-state index >= 15 is 0 Å². The third kappa shape index (κ3) is 7.16. The van der Waals surface area contributed by atoms with Crippen molar-refractivity contribution in [3.05, 3.63) is 71.7 Å². The van der Waals surface area contributed by atoms with Gasteiger partial charge in [0.15, 0.2) is 11.6 Å². The second kappa shape index (κ2) is 11.6. The Bertz CT molecular complexity index is 1480. The quantitative estimate of drug-likeness (QED) is 0.358. The van der Waals surface area contributed by atoms with Gasteiger partial charge >= 0.3 is 6.03 Å². The molecule has 1 fully saturated rings. The molecule has 4 aromatic rings. The lowest BCUT2D eigenvalue weighted by atomic mass is 9.93. The van der Waals surface area contributed by atoms with Crippen molar-refractivity contribution < 1.29 is 18.8 Å². The van der Waals surface area contributed by atoms with Gasteiger partial charge in [0.25, 0.3) is 0 Å². The molecule has 1 saturated heterocycles. The number of urea groups is 1. The van der Waals surface area contributed by atoms with Crippen LogP contribution in [0.15, 0.2) is 59.4 Å². The van der Waals surface area contributed by atoms with Crippen LogP contribution in [0.5, 0.6) is 5.75 Å². The fraction of sp³-hybridized carbons (Fsp3) is 0.345. The molecule has 2 N–H and O–H groups in total. The molecule has 0 unspecified atom stereocenters. The van der Waals surface area contributed by atoms with E-state index in [2.05, 4.69) is 37.5 Å². The van der Waals surface area contributed by atoms with Crippen molar-refractivity contribution in [3.63, 3.8) is 0 Å². The maximum Gasteiger partial charge on any atom is 0.326 e. The Morgan fingerprint density at radius 2 is 1.77 bits per heavy atom. The van der Waals surface area contributed by atoms with Crippen molar-refractivity contribution in [1.82, 2.24) is 19.4 Å². The summed E-state index contributed by atoms with van der Waals surface area (Å²) in [6, 6.07) is 12.8. The fourth-order valence-corrected chi connectivity index (χ4v) is 3.97. The Balaban J connectivity index is 1.15. The van der Waals surface area contributed by atoms with Crippen LogP contribution in [0.25, 0.3) is 5.65 Å². The highest BCUT2D eigenvalue weighted by Crippen LogP contribution is 2.24. The van der Waals surface area contributed by atoms with Gasteiger partial charge in [0.05, 0.1) is 19.4 Å². The molecule has 2 amide bonds. The van der Waals surface area contributed by atoms with E-state index in [1.807, 2.05) is 67.8 Å². The van der Waals surface area contributed by atoms with Gasteiger partial charge in [0, 0.05) is 48.4 Å². The Morgan fingerprint density at radius 1 is 1.03 bits per heavy atom. The van der Waals surface area contributed by atoms with Gasteiger partial charge in [-0.15, -0.1) is 0 Å². The van der Waals surface area contributed by atoms with E-state index in [0.717, 1.165) is 49.7 Å². The van der Waals surface area contributed by atoms with Crippen molar-refractivity contribution in [2.75, 3.05) is 50.1 Å². The zero-order chi connectivity index (χ0) is 27.2. The van der Waals surface area contributed by atoms with Crippen molar-refractivity contribution >= 4 is 23.3 Å². The topological polar surface area (TPSA) is 106 Å². The van der Waals surface area contributed by atoms with Crippen LogP contribution in [-0.4, -0.2) is 64.9 Å². The van der Waals surface area contributed by atoms with E-state index in [0.29, 0.717) is 29.7 Å². The third-order valence-corrected chi connectivity index (χ3v) is 6.18. The van der Waals surface area contributed by atoms with Crippen LogP contribution in [0.1, 0.15) is 37.7 Å². The number of ether oxygens (including phenoxy) is 2. The van der Waals surface area contributed by atoms with E-state index in [4.69, 9.17) is 14.0 Å². The highest BCUT2D eigenvalue weighted by molar-refractivity contribution is 5.98. The molecule has 0 saturated carbocycles. The van der Waals surface area contributed by atoms with Gasteiger partial charge < -0.3 is 18.4 Å². The Kier molecular flexibility index (Phi) is 7.81. The van der Waals surface area contributed by atoms with E-state index in [9.17, 15) is 4.79 Å². The molecule has 10 nitrogen and oxygen atoms in total. The van der Waals surface area contributed by atoms with Crippen LogP contribution in [0, 0.1) is 11.8 Å². The van der Waals surface area contributed by atoms with Gasteiger partial charge in [-0.3, -0.25) is 15.5 Å². The van der Waals surface area contributed by atoms with Crippen LogP contribution in [0.3, 0.4) is 0 Å². The smallest absolute Gasteiger partial charge is 0.326 e. The number of carbonyl (C=O) groups is 1. The molecule has 0 spiro atoms. The van der Waals surface area contributed by atoms with E-state index in [1.165, 1.54) is 0 Å². The first-order chi connectivity index (χ1) is 18.8. The lowest BCUT2D eigenvalue weighted by Gasteiger charge is -2.26. The van der Waals surface area contributed by atoms with Crippen LogP contribution in [0.4, 0.5) is 16.4 Å². The number of rotatable bonds is 6. The molecule has 202 valence electrons. The third-order valence-electron chi connectivity index (χ3n) is 6.18. The number of nitrogens with zero attached hydrogens (tertiary/aromatic N) is 4. The van der Waals surface area contributed by atoms with Gasteiger partial charge in [-0.2, -0.15) is 0 Å². The molecule has 5 rings (SSSR count). The van der Waals surface area contributed by atoms with Crippen LogP contribution >= 0.6 is 0 Å². The SMILES string of the molecule is CC(C)(C)c1cc(NC(=O)Nc2cn3ccc(C#Cc4ccc(OCCN5CCOCC5)cc4)cc3n2)no1. The standard InChI is InChI=1S/C29H32N6O4/c1-29(2,3)24-19-25(33-39-24)31-28(36)32-26-20-35-11-10-22(18-27(35)30-26)5-4-21-6-8-23(9-7-21)38-17-14-34-12-15-37-16-13-34/h6-11,18-20H,12-17H2,1-3H3,(H2,31,32,33,36). The first-order valence-electron chi connectivity index (χ1n) is 12.9. The summed E-state index contributed by atoms with van der Waals surface area (Å²) in [5.74, 6) is 8.61. The number of anilines is 2. The number of fused-ring (bicyclic) bond motifs is 1. The summed E-state index contributed by atoms with van der Waals surface area (Å²) in [5.41, 5.74) is 2.16. The Hall–Kier alpha value is -4.33. The minimum atomic E-state index is -0.458. The second-order valence-electron chi connectivity index (χ2n) is 10.3. The normalized spacial score (nSPS) is 14.0. The van der Waals surface area contributed by atoms with Crippen LogP contribution in [-0.2, 0) is 10.2 Å². The number of amides is 2. The number of carbonyl (C=O) groups excluding carboxylic acids is 1. The zero-order valence-electron chi connectivity index (χ0n) is 22.4. The number of benzene rings is 1. The molecule has 0 bridgehead atoms. The van der Waals surface area contributed by atoms with E-state index in [-0.39, 0.29) is 5.41 Å². The van der Waals surface area contributed by atoms with Gasteiger partial charge in [0.2, 0.25) is 0 Å². The van der Waals surface area contributed by atoms with Crippen LogP contribution in [0.2, 0.25) is 0 Å². The monoisotopic (exact) mass is 528 g/mol. The maximum atomic E-state index is 12.4. The molecule has 39 heavy (non-hydrogen) atoms. The minimum Gasteiger partial charge on any atom is -0.492 e. The van der Waals surface area contributed by atoms with Crippen molar-refractivity contribution in [1.29, 1.82) is 0 Å². The molecular formula is C29H32N6O4. The summed E-state index contributed by atoms with van der Waals surface area (Å²) in [6.45, 7) is 11.1. The molecular weight excluding hydrogens is 496 g/mol. The molecule has 3 aromatic heterocycles. The van der Waals surface area contributed by atoms with Gasteiger partial charge in [-0.1, -0.05) is 37.8 Å². The summed E-state index contributed by atoms with van der Waals surface area (Å²) in [7, 11) is 0. The minimum absolute atomic E-state index is 0.202. The molecule has 0 radical (unpaired) electrons. The van der Waals surface area contributed by atoms with Crippen molar-refractivity contribution in [3.8, 4) is 17.6 Å². The summed E-state index contributed by atoms with van der Waals surface area (Å²) >= 11 is 0. The number of hydrogen-bond donors (Lipinski definition) is 2. The maximum absolute atomic E-state index is 12.4. The molecule has 0 aliphatic carbocycles. The van der Waals surface area contributed by atoms with Crippen LogP contribution < -0.4 is 15.4 Å². The van der Waals surface area contributed by atoms with Gasteiger partial charge in [0.1, 0.15) is 23.8 Å². The lowest BCUT2D eigenvalue weighted by Crippen LogP contribution is -2.38. The largest absolute Gasteiger partial charge is 0.492 e. The average molecular weight is 529 g/mol. The number of hydrogen-bond acceptors (Lipinski definition) is 7. The van der Waals surface area contributed by atoms with Gasteiger partial charge in [-0.25, -0.2) is 9.78 Å². The average Bonchev–Trinajstić information content (AvgIpc) is 3.55. The molecule has 1 aromatic carbocycles. The van der Waals surface area contributed by atoms with E-state index < -0.39 is 6.03 Å². The fourth-order valence-electron chi connectivity index (χ4n) is 3.97. The summed E-state index contributed by atoms with van der Waals surface area (Å²) in [6.07, 6.45) is 3.58.